The van der Waals surface area contributed by atoms with Gasteiger partial charge in [0.15, 0.2) is 0 Å². The van der Waals surface area contributed by atoms with Gasteiger partial charge >= 0.3 is 5.97 Å². The lowest BCUT2D eigenvalue weighted by atomic mass is 10.0. The van der Waals surface area contributed by atoms with Gasteiger partial charge in [0.25, 0.3) is 0 Å². The fourth-order valence-corrected chi connectivity index (χ4v) is 2.37. The molecule has 0 aromatic rings. The smallest absolute Gasteiger partial charge is 0.328 e. The molecule has 0 aliphatic heterocycles. The number of amides is 3. The quantitative estimate of drug-likeness (QED) is 0.219. The van der Waals surface area contributed by atoms with Crippen LogP contribution in [0.15, 0.2) is 0 Å². The molecule has 10 nitrogen and oxygen atoms in total. The molecule has 0 bridgehead atoms. The van der Waals surface area contributed by atoms with Crippen LogP contribution in [0.2, 0.25) is 0 Å². The van der Waals surface area contributed by atoms with Gasteiger partial charge in [0.05, 0.1) is 19.2 Å². The molecular formula is C15H28N4O6S. The molecule has 150 valence electrons. The summed E-state index contributed by atoms with van der Waals surface area (Å²) in [5, 5.41) is 24.6. The Morgan fingerprint density at radius 1 is 1.12 bits per heavy atom. The van der Waals surface area contributed by atoms with Crippen molar-refractivity contribution in [1.29, 1.82) is 0 Å². The van der Waals surface area contributed by atoms with Crippen LogP contribution >= 0.6 is 11.8 Å². The zero-order chi connectivity index (χ0) is 20.3. The molecule has 0 rings (SSSR count). The standard InChI is InChI=1S/C15H28N4O6S/c1-8(2)12(19-13(22)9(16)4-5-26-3)14(23)17-6-11(21)18-10(7-20)15(24)25/h8-10,12,20H,4-7,16H2,1-3H3,(H,17,23)(H,18,21)(H,19,22)(H,24,25). The van der Waals surface area contributed by atoms with Gasteiger partial charge in [0.2, 0.25) is 17.7 Å². The number of hydrogen-bond donors (Lipinski definition) is 6. The normalized spacial score (nSPS) is 14.2. The summed E-state index contributed by atoms with van der Waals surface area (Å²) in [5.41, 5.74) is 5.77. The SMILES string of the molecule is CSCCC(N)C(=O)NC(C(=O)NCC(=O)NC(CO)C(=O)O)C(C)C. The number of carbonyl (C=O) groups excluding carboxylic acids is 3. The molecular weight excluding hydrogens is 364 g/mol. The van der Waals surface area contributed by atoms with Gasteiger partial charge in [0.1, 0.15) is 12.1 Å². The number of nitrogens with one attached hydrogen (secondary N) is 3. The maximum absolute atomic E-state index is 12.2. The topological polar surface area (TPSA) is 171 Å². The monoisotopic (exact) mass is 392 g/mol. The Bertz CT molecular complexity index is 503. The van der Waals surface area contributed by atoms with Crippen molar-refractivity contribution in [3.63, 3.8) is 0 Å². The summed E-state index contributed by atoms with van der Waals surface area (Å²) in [5.74, 6) is -2.74. The highest BCUT2D eigenvalue weighted by Crippen LogP contribution is 2.04. The summed E-state index contributed by atoms with van der Waals surface area (Å²) in [4.78, 5) is 46.7. The van der Waals surface area contributed by atoms with Crippen molar-refractivity contribution >= 4 is 35.5 Å². The van der Waals surface area contributed by atoms with E-state index in [9.17, 15) is 19.2 Å². The maximum atomic E-state index is 12.2. The van der Waals surface area contributed by atoms with E-state index in [1.165, 1.54) is 0 Å². The van der Waals surface area contributed by atoms with Crippen LogP contribution in [0.1, 0.15) is 20.3 Å². The number of thioether (sulfide) groups is 1. The average molecular weight is 392 g/mol. The van der Waals surface area contributed by atoms with Crippen molar-refractivity contribution in [2.45, 2.75) is 38.4 Å². The van der Waals surface area contributed by atoms with E-state index in [0.29, 0.717) is 12.2 Å². The Hall–Kier alpha value is -1.85. The van der Waals surface area contributed by atoms with Gasteiger partial charge in [-0.1, -0.05) is 13.8 Å². The third kappa shape index (κ3) is 9.02. The molecule has 0 saturated heterocycles. The van der Waals surface area contributed by atoms with E-state index < -0.39 is 55.0 Å². The molecule has 0 aromatic carbocycles. The van der Waals surface area contributed by atoms with Crippen LogP contribution < -0.4 is 21.7 Å². The van der Waals surface area contributed by atoms with E-state index in [0.717, 1.165) is 0 Å². The largest absolute Gasteiger partial charge is 0.480 e. The third-order valence-electron chi connectivity index (χ3n) is 3.46. The molecule has 0 spiro atoms. The van der Waals surface area contributed by atoms with Gasteiger partial charge in [0, 0.05) is 0 Å². The number of aliphatic hydroxyl groups is 1. The lowest BCUT2D eigenvalue weighted by Crippen LogP contribution is -2.55. The van der Waals surface area contributed by atoms with Crippen LogP contribution in [0.25, 0.3) is 0 Å². The molecule has 0 aliphatic carbocycles. The van der Waals surface area contributed by atoms with Crippen LogP contribution in [-0.4, -0.2) is 77.2 Å². The second-order valence-corrected chi connectivity index (χ2v) is 6.96. The lowest BCUT2D eigenvalue weighted by molar-refractivity contribution is -0.142. The molecule has 0 aromatic heterocycles. The summed E-state index contributed by atoms with van der Waals surface area (Å²) < 4.78 is 0. The molecule has 0 aliphatic rings. The molecule has 7 N–H and O–H groups in total. The van der Waals surface area contributed by atoms with Gasteiger partial charge in [-0.3, -0.25) is 14.4 Å². The van der Waals surface area contributed by atoms with Crippen molar-refractivity contribution in [2.75, 3.05) is 25.2 Å². The van der Waals surface area contributed by atoms with E-state index in [1.54, 1.807) is 25.6 Å². The summed E-state index contributed by atoms with van der Waals surface area (Å²) in [6, 6.07) is -3.07. The second kappa shape index (κ2) is 12.5. The highest BCUT2D eigenvalue weighted by molar-refractivity contribution is 7.98. The molecule has 3 amide bonds. The van der Waals surface area contributed by atoms with Gasteiger partial charge in [-0.15, -0.1) is 0 Å². The Kier molecular flexibility index (Phi) is 11.6. The predicted molar refractivity (Wildman–Crippen MR) is 97.4 cm³/mol. The summed E-state index contributed by atoms with van der Waals surface area (Å²) >= 11 is 1.56. The predicted octanol–water partition coefficient (Wildman–Crippen LogP) is -2.11. The van der Waals surface area contributed by atoms with Crippen LogP contribution in [-0.2, 0) is 19.2 Å². The molecule has 11 heteroatoms. The minimum Gasteiger partial charge on any atom is -0.480 e. The number of carboxylic acids is 1. The molecule has 0 fully saturated rings. The number of aliphatic hydroxyl groups excluding tert-OH is 1. The molecule has 0 radical (unpaired) electrons. The van der Waals surface area contributed by atoms with Gasteiger partial charge < -0.3 is 31.9 Å². The van der Waals surface area contributed by atoms with Crippen molar-refractivity contribution in [3.05, 3.63) is 0 Å². The van der Waals surface area contributed by atoms with Crippen LogP contribution in [0, 0.1) is 5.92 Å². The zero-order valence-electron chi connectivity index (χ0n) is 15.2. The van der Waals surface area contributed by atoms with Crippen molar-refractivity contribution in [2.24, 2.45) is 11.7 Å². The van der Waals surface area contributed by atoms with Crippen molar-refractivity contribution in [1.82, 2.24) is 16.0 Å². The molecule has 0 heterocycles. The highest BCUT2D eigenvalue weighted by Gasteiger charge is 2.27. The number of carboxylic acid groups (broad SMARTS) is 1. The average Bonchev–Trinajstić information content (AvgIpc) is 2.58. The van der Waals surface area contributed by atoms with E-state index in [-0.39, 0.29) is 5.92 Å². The van der Waals surface area contributed by atoms with Crippen molar-refractivity contribution in [3.8, 4) is 0 Å². The highest BCUT2D eigenvalue weighted by atomic mass is 32.2. The fraction of sp³-hybridized carbons (Fsp3) is 0.733. The Balaban J connectivity index is 4.62. The van der Waals surface area contributed by atoms with Crippen LogP contribution in [0.5, 0.6) is 0 Å². The molecule has 26 heavy (non-hydrogen) atoms. The Morgan fingerprint density at radius 3 is 2.19 bits per heavy atom. The second-order valence-electron chi connectivity index (χ2n) is 5.98. The van der Waals surface area contributed by atoms with E-state index >= 15 is 0 Å². The molecule has 3 unspecified atom stereocenters. The minimum atomic E-state index is -1.45. The summed E-state index contributed by atoms with van der Waals surface area (Å²) in [6.45, 7) is 2.20. The van der Waals surface area contributed by atoms with Gasteiger partial charge in [-0.05, 0) is 24.3 Å². The van der Waals surface area contributed by atoms with Gasteiger partial charge in [-0.25, -0.2) is 4.79 Å². The van der Waals surface area contributed by atoms with Gasteiger partial charge in [-0.2, -0.15) is 11.8 Å². The van der Waals surface area contributed by atoms with Crippen molar-refractivity contribution < 1.29 is 29.4 Å². The first kappa shape index (κ1) is 24.1. The molecule has 0 saturated carbocycles. The van der Waals surface area contributed by atoms with E-state index in [4.69, 9.17) is 15.9 Å². The first-order chi connectivity index (χ1) is 12.1. The van der Waals surface area contributed by atoms with Crippen LogP contribution in [0.4, 0.5) is 0 Å². The first-order valence-electron chi connectivity index (χ1n) is 8.09. The third-order valence-corrected chi connectivity index (χ3v) is 4.10. The lowest BCUT2D eigenvalue weighted by Gasteiger charge is -2.23. The minimum absolute atomic E-state index is 0.251. The van der Waals surface area contributed by atoms with Crippen LogP contribution in [0.3, 0.4) is 0 Å². The number of nitrogens with two attached hydrogens (primary N) is 1. The van der Waals surface area contributed by atoms with E-state index in [1.807, 2.05) is 6.26 Å². The number of carbonyl (C=O) groups is 4. The van der Waals surface area contributed by atoms with E-state index in [2.05, 4.69) is 16.0 Å². The Labute approximate surface area is 156 Å². The number of aliphatic carboxylic acids is 1. The molecule has 3 atom stereocenters. The Morgan fingerprint density at radius 2 is 1.73 bits per heavy atom. The number of hydrogen-bond acceptors (Lipinski definition) is 7. The summed E-state index contributed by atoms with van der Waals surface area (Å²) in [7, 11) is 0. The summed E-state index contributed by atoms with van der Waals surface area (Å²) in [6.07, 6.45) is 2.37. The maximum Gasteiger partial charge on any atom is 0.328 e. The fourth-order valence-electron chi connectivity index (χ4n) is 1.88. The first-order valence-corrected chi connectivity index (χ1v) is 9.49. The number of rotatable bonds is 12. The zero-order valence-corrected chi connectivity index (χ0v) is 16.0.